The molecule has 0 aromatic carbocycles. The van der Waals surface area contributed by atoms with Gasteiger partial charge in [-0.1, -0.05) is 12.8 Å². The Bertz CT molecular complexity index is 199. The highest BCUT2D eigenvalue weighted by molar-refractivity contribution is 4.95. The topological polar surface area (TPSA) is 26.0 Å². The first-order valence-electron chi connectivity index (χ1n) is 6.08. The van der Waals surface area contributed by atoms with Gasteiger partial charge in [0.1, 0.15) is 0 Å². The maximum atomic E-state index is 6.27. The number of hydrogen-bond donors (Lipinski definition) is 1. The highest BCUT2D eigenvalue weighted by atomic mass is 14.7. The molecule has 0 aromatic rings. The fourth-order valence-corrected chi connectivity index (χ4v) is 4.23. The van der Waals surface area contributed by atoms with Crippen molar-refractivity contribution in [2.75, 3.05) is 0 Å². The van der Waals surface area contributed by atoms with Gasteiger partial charge in [0.05, 0.1) is 0 Å². The highest BCUT2D eigenvalue weighted by Gasteiger charge is 2.42. The average Bonchev–Trinajstić information content (AvgIpc) is 2.34. The standard InChI is InChI=1S/C12H21N/c13-12-4-3-8-1-2-9-6-10(5-8)11(12)7-9/h8-12H,1-7,13H2. The second-order valence-electron chi connectivity index (χ2n) is 5.68. The lowest BCUT2D eigenvalue weighted by Crippen LogP contribution is -2.30. The van der Waals surface area contributed by atoms with E-state index in [1.807, 2.05) is 0 Å². The van der Waals surface area contributed by atoms with Gasteiger partial charge in [-0.2, -0.15) is 0 Å². The number of fused-ring (bicyclic) bond motifs is 2. The highest BCUT2D eigenvalue weighted by Crippen LogP contribution is 2.50. The van der Waals surface area contributed by atoms with Crippen LogP contribution in [0.3, 0.4) is 0 Å². The molecule has 1 heteroatoms. The summed E-state index contributed by atoms with van der Waals surface area (Å²) in [4.78, 5) is 0. The molecule has 3 rings (SSSR count). The van der Waals surface area contributed by atoms with Gasteiger partial charge in [-0.25, -0.2) is 0 Å². The Morgan fingerprint density at radius 2 is 1.46 bits per heavy atom. The fourth-order valence-electron chi connectivity index (χ4n) is 4.23. The van der Waals surface area contributed by atoms with E-state index in [4.69, 9.17) is 5.73 Å². The molecule has 0 amide bonds. The van der Waals surface area contributed by atoms with E-state index in [1.54, 1.807) is 0 Å². The molecule has 3 saturated carbocycles. The molecule has 0 aromatic heterocycles. The van der Waals surface area contributed by atoms with Crippen molar-refractivity contribution < 1.29 is 0 Å². The number of nitrogens with two attached hydrogens (primary N) is 1. The summed E-state index contributed by atoms with van der Waals surface area (Å²) in [6.45, 7) is 0. The summed E-state index contributed by atoms with van der Waals surface area (Å²) in [6.07, 6.45) is 10.3. The molecule has 2 N–H and O–H groups in total. The largest absolute Gasteiger partial charge is 0.327 e. The van der Waals surface area contributed by atoms with Crippen molar-refractivity contribution >= 4 is 0 Å². The van der Waals surface area contributed by atoms with Crippen molar-refractivity contribution in [1.82, 2.24) is 0 Å². The van der Waals surface area contributed by atoms with Crippen LogP contribution in [0.15, 0.2) is 0 Å². The third-order valence-electron chi connectivity index (χ3n) is 4.92. The van der Waals surface area contributed by atoms with Crippen molar-refractivity contribution in [1.29, 1.82) is 0 Å². The van der Waals surface area contributed by atoms with Gasteiger partial charge in [-0.3, -0.25) is 0 Å². The Labute approximate surface area is 81.1 Å². The molecular weight excluding hydrogens is 158 g/mol. The molecular formula is C12H21N. The molecule has 0 radical (unpaired) electrons. The lowest BCUT2D eigenvalue weighted by Gasteiger charge is -2.23. The Hall–Kier alpha value is -0.0400. The van der Waals surface area contributed by atoms with Crippen molar-refractivity contribution in [3.05, 3.63) is 0 Å². The maximum absolute atomic E-state index is 6.27. The molecule has 0 aliphatic heterocycles. The first-order valence-corrected chi connectivity index (χ1v) is 6.08. The van der Waals surface area contributed by atoms with Crippen molar-refractivity contribution in [3.63, 3.8) is 0 Å². The third-order valence-corrected chi connectivity index (χ3v) is 4.92. The van der Waals surface area contributed by atoms with Gasteiger partial charge in [-0.15, -0.1) is 0 Å². The predicted molar refractivity (Wildman–Crippen MR) is 54.3 cm³/mol. The minimum absolute atomic E-state index is 0.554. The van der Waals surface area contributed by atoms with Crippen LogP contribution in [-0.2, 0) is 0 Å². The first kappa shape index (κ1) is 8.28. The summed E-state index contributed by atoms with van der Waals surface area (Å²) in [7, 11) is 0. The maximum Gasteiger partial charge on any atom is 0.00700 e. The zero-order chi connectivity index (χ0) is 8.84. The molecule has 0 spiro atoms. The van der Waals surface area contributed by atoms with E-state index >= 15 is 0 Å². The molecule has 3 fully saturated rings. The summed E-state index contributed by atoms with van der Waals surface area (Å²) in [5.41, 5.74) is 6.27. The molecule has 5 unspecified atom stereocenters. The van der Waals surface area contributed by atoms with Crippen LogP contribution < -0.4 is 5.73 Å². The zero-order valence-corrected chi connectivity index (χ0v) is 8.41. The summed E-state index contributed by atoms with van der Waals surface area (Å²) in [5.74, 6) is 4.04. The van der Waals surface area contributed by atoms with Crippen LogP contribution in [0.1, 0.15) is 44.9 Å². The van der Waals surface area contributed by atoms with E-state index in [0.717, 1.165) is 23.7 Å². The molecule has 0 saturated heterocycles. The Balaban J connectivity index is 1.89. The Morgan fingerprint density at radius 1 is 0.769 bits per heavy atom. The number of rotatable bonds is 0. The summed E-state index contributed by atoms with van der Waals surface area (Å²) in [5, 5.41) is 0. The Kier molecular flexibility index (Phi) is 1.90. The summed E-state index contributed by atoms with van der Waals surface area (Å²) >= 11 is 0. The SMILES string of the molecule is NC1CCC2CCC3CC(C2)C1C3. The minimum atomic E-state index is 0.554. The lowest BCUT2D eigenvalue weighted by atomic mass is 9.85. The van der Waals surface area contributed by atoms with E-state index in [0.29, 0.717) is 6.04 Å². The van der Waals surface area contributed by atoms with Crippen LogP contribution in [0.2, 0.25) is 0 Å². The van der Waals surface area contributed by atoms with E-state index < -0.39 is 0 Å². The van der Waals surface area contributed by atoms with E-state index in [-0.39, 0.29) is 0 Å². The zero-order valence-electron chi connectivity index (χ0n) is 8.41. The van der Waals surface area contributed by atoms with E-state index in [2.05, 4.69) is 0 Å². The fraction of sp³-hybridized carbons (Fsp3) is 1.00. The monoisotopic (exact) mass is 179 g/mol. The quantitative estimate of drug-likeness (QED) is 0.607. The van der Waals surface area contributed by atoms with Crippen LogP contribution in [0.25, 0.3) is 0 Å². The van der Waals surface area contributed by atoms with Crippen molar-refractivity contribution in [2.24, 2.45) is 29.4 Å². The molecule has 3 aliphatic carbocycles. The van der Waals surface area contributed by atoms with Crippen LogP contribution in [0.4, 0.5) is 0 Å². The van der Waals surface area contributed by atoms with Gasteiger partial charge in [0.15, 0.2) is 0 Å². The Morgan fingerprint density at radius 3 is 2.38 bits per heavy atom. The van der Waals surface area contributed by atoms with Gasteiger partial charge < -0.3 is 5.73 Å². The van der Waals surface area contributed by atoms with E-state index in [9.17, 15) is 0 Å². The van der Waals surface area contributed by atoms with Crippen LogP contribution in [-0.4, -0.2) is 6.04 Å². The van der Waals surface area contributed by atoms with Crippen molar-refractivity contribution in [2.45, 2.75) is 51.0 Å². The molecule has 13 heavy (non-hydrogen) atoms. The van der Waals surface area contributed by atoms with Crippen molar-refractivity contribution in [3.8, 4) is 0 Å². The smallest absolute Gasteiger partial charge is 0.00700 e. The summed E-state index contributed by atoms with van der Waals surface area (Å²) < 4.78 is 0. The second-order valence-corrected chi connectivity index (χ2v) is 5.68. The van der Waals surface area contributed by atoms with Crippen LogP contribution >= 0.6 is 0 Å². The lowest BCUT2D eigenvalue weighted by molar-refractivity contribution is 0.297. The molecule has 3 aliphatic rings. The summed E-state index contributed by atoms with van der Waals surface area (Å²) in [6, 6.07) is 0.554. The molecule has 5 atom stereocenters. The first-order chi connectivity index (χ1) is 6.33. The van der Waals surface area contributed by atoms with Gasteiger partial charge in [0, 0.05) is 6.04 Å². The van der Waals surface area contributed by atoms with Gasteiger partial charge in [-0.05, 0) is 55.8 Å². The molecule has 74 valence electrons. The van der Waals surface area contributed by atoms with Gasteiger partial charge in [0.25, 0.3) is 0 Å². The normalized spacial score (nSPS) is 54.7. The number of hydrogen-bond acceptors (Lipinski definition) is 1. The predicted octanol–water partition coefficient (Wildman–Crippen LogP) is 2.55. The third kappa shape index (κ3) is 1.32. The molecule has 3 bridgehead atoms. The van der Waals surface area contributed by atoms with Crippen LogP contribution in [0.5, 0.6) is 0 Å². The molecule has 1 nitrogen and oxygen atoms in total. The van der Waals surface area contributed by atoms with E-state index in [1.165, 1.54) is 44.9 Å². The van der Waals surface area contributed by atoms with Gasteiger partial charge >= 0.3 is 0 Å². The average molecular weight is 179 g/mol. The van der Waals surface area contributed by atoms with Gasteiger partial charge in [0.2, 0.25) is 0 Å². The second kappa shape index (κ2) is 2.98. The minimum Gasteiger partial charge on any atom is -0.327 e. The van der Waals surface area contributed by atoms with Crippen LogP contribution in [0, 0.1) is 23.7 Å². The molecule has 0 heterocycles.